The van der Waals surface area contributed by atoms with Gasteiger partial charge < -0.3 is 11.1 Å². The highest BCUT2D eigenvalue weighted by Gasteiger charge is 2.61. The number of nitrogens with one attached hydrogen (secondary N) is 1. The molecule has 1 amide bonds. The predicted molar refractivity (Wildman–Crippen MR) is 118 cm³/mol. The Morgan fingerprint density at radius 3 is 2.54 bits per heavy atom. The molecule has 2 aromatic rings. The number of hydrogen-bond donors (Lipinski definition) is 2. The first kappa shape index (κ1) is 25.7. The summed E-state index contributed by atoms with van der Waals surface area (Å²) in [6.07, 6.45) is 2.42. The number of halogens is 6. The number of aliphatic imine (C=N–C) groups is 1. The highest BCUT2D eigenvalue weighted by atomic mass is 35.5. The zero-order valence-electron chi connectivity index (χ0n) is 17.9. The number of hydrogen-bond acceptors (Lipinski definition) is 5. The van der Waals surface area contributed by atoms with Gasteiger partial charge in [-0.25, -0.2) is 9.67 Å². The lowest BCUT2D eigenvalue weighted by molar-refractivity contribution is -0.291. The monoisotopic (exact) mass is 510 g/mol. The van der Waals surface area contributed by atoms with E-state index in [2.05, 4.69) is 15.4 Å². The molecule has 0 atom stereocenters. The lowest BCUT2D eigenvalue weighted by atomic mass is 10.0. The number of benzene rings is 1. The molecule has 0 unspecified atom stereocenters. The number of nitriles is 1. The standard InChI is InChI=1S/C22H16ClF5N6O/c1-3-14-17(21(24,25)22(26,27)28)33-34(2)18(14)31-10-13(9-29)12-4-5-16(23)15(8-12)19(35)32-20(11-30)6-7-20/h1,4-5,8-10H,6-7,29H2,2H3,(H,32,35). The van der Waals surface area contributed by atoms with E-state index in [9.17, 15) is 32.0 Å². The van der Waals surface area contributed by atoms with E-state index in [1.807, 2.05) is 6.07 Å². The van der Waals surface area contributed by atoms with Crippen LogP contribution < -0.4 is 11.1 Å². The van der Waals surface area contributed by atoms with Gasteiger partial charge in [-0.15, -0.1) is 6.42 Å². The Kier molecular flexibility index (Phi) is 6.64. The van der Waals surface area contributed by atoms with Crippen molar-refractivity contribution in [3.8, 4) is 18.4 Å². The highest BCUT2D eigenvalue weighted by Crippen LogP contribution is 2.45. The van der Waals surface area contributed by atoms with Crippen molar-refractivity contribution in [3.63, 3.8) is 0 Å². The zero-order chi connectivity index (χ0) is 26.2. The van der Waals surface area contributed by atoms with E-state index in [1.54, 1.807) is 5.92 Å². The van der Waals surface area contributed by atoms with Crippen molar-refractivity contribution in [2.24, 2.45) is 17.8 Å². The van der Waals surface area contributed by atoms with E-state index >= 15 is 0 Å². The molecule has 1 aromatic heterocycles. The van der Waals surface area contributed by atoms with Crippen LogP contribution in [0.2, 0.25) is 5.02 Å². The number of aryl methyl sites for hydroxylation is 1. The third-order valence-electron chi connectivity index (χ3n) is 5.18. The van der Waals surface area contributed by atoms with E-state index in [4.69, 9.17) is 23.8 Å². The molecule has 1 saturated carbocycles. The van der Waals surface area contributed by atoms with Crippen molar-refractivity contribution in [3.05, 3.63) is 51.8 Å². The Labute approximate surface area is 201 Å². The lowest BCUT2D eigenvalue weighted by Gasteiger charge is -2.17. The van der Waals surface area contributed by atoms with Crippen LogP contribution in [0, 0.1) is 23.7 Å². The fraction of sp³-hybridized carbons (Fsp3) is 0.273. The molecule has 1 heterocycles. The fourth-order valence-electron chi connectivity index (χ4n) is 3.05. The Balaban J connectivity index is 1.96. The maximum absolute atomic E-state index is 13.9. The molecule has 35 heavy (non-hydrogen) atoms. The summed E-state index contributed by atoms with van der Waals surface area (Å²) in [5.74, 6) is -4.55. The van der Waals surface area contributed by atoms with Crippen molar-refractivity contribution in [1.82, 2.24) is 15.1 Å². The van der Waals surface area contributed by atoms with Gasteiger partial charge in [0.1, 0.15) is 5.54 Å². The number of nitrogens with zero attached hydrogens (tertiary/aromatic N) is 4. The summed E-state index contributed by atoms with van der Waals surface area (Å²) in [6, 6.07) is 6.27. The summed E-state index contributed by atoms with van der Waals surface area (Å²) in [7, 11) is 1.10. The number of aromatic nitrogens is 2. The number of terminal acetylenes is 1. The summed E-state index contributed by atoms with van der Waals surface area (Å²) in [5.41, 5.74) is 2.72. The molecule has 3 N–H and O–H groups in total. The van der Waals surface area contributed by atoms with E-state index in [0.29, 0.717) is 23.1 Å². The van der Waals surface area contributed by atoms with Gasteiger partial charge in [-0.3, -0.25) is 4.79 Å². The molecule has 0 saturated heterocycles. The first-order valence-corrected chi connectivity index (χ1v) is 10.2. The molecule has 3 rings (SSSR count). The number of amides is 1. The van der Waals surface area contributed by atoms with Gasteiger partial charge in [0, 0.05) is 25.0 Å². The molecule has 1 aliphatic rings. The molecule has 0 spiro atoms. The molecule has 7 nitrogen and oxygen atoms in total. The van der Waals surface area contributed by atoms with Crippen molar-refractivity contribution in [2.45, 2.75) is 30.5 Å². The maximum Gasteiger partial charge on any atom is 0.459 e. The third-order valence-corrected chi connectivity index (χ3v) is 5.51. The average molecular weight is 511 g/mol. The topological polar surface area (TPSA) is 109 Å². The minimum absolute atomic E-state index is 0.0374. The van der Waals surface area contributed by atoms with Crippen LogP contribution in [0.3, 0.4) is 0 Å². The summed E-state index contributed by atoms with van der Waals surface area (Å²) in [6.45, 7) is 0. The van der Waals surface area contributed by atoms with Crippen LogP contribution in [0.25, 0.3) is 5.57 Å². The molecular weight excluding hydrogens is 495 g/mol. The molecule has 1 fully saturated rings. The molecule has 0 bridgehead atoms. The first-order valence-electron chi connectivity index (χ1n) is 9.78. The average Bonchev–Trinajstić information content (AvgIpc) is 3.49. The van der Waals surface area contributed by atoms with Gasteiger partial charge in [-0.1, -0.05) is 23.6 Å². The van der Waals surface area contributed by atoms with Crippen LogP contribution in [0.1, 0.15) is 40.0 Å². The first-order chi connectivity index (χ1) is 16.3. The Hall–Kier alpha value is -3.90. The predicted octanol–water partition coefficient (Wildman–Crippen LogP) is 4.20. The number of allylic oxidation sites excluding steroid dienone is 1. The molecule has 182 valence electrons. The Bertz CT molecular complexity index is 1330. The van der Waals surface area contributed by atoms with Crippen molar-refractivity contribution < 1.29 is 26.7 Å². The van der Waals surface area contributed by atoms with Gasteiger partial charge in [0.05, 0.1) is 22.2 Å². The summed E-state index contributed by atoms with van der Waals surface area (Å²) >= 11 is 6.12. The Morgan fingerprint density at radius 1 is 1.37 bits per heavy atom. The highest BCUT2D eigenvalue weighted by molar-refractivity contribution is 6.34. The van der Waals surface area contributed by atoms with Gasteiger partial charge >= 0.3 is 12.1 Å². The second-order valence-electron chi connectivity index (χ2n) is 7.61. The largest absolute Gasteiger partial charge is 0.459 e. The van der Waals surface area contributed by atoms with Crippen LogP contribution in [0.4, 0.5) is 27.8 Å². The molecule has 0 aliphatic heterocycles. The third kappa shape index (κ3) is 4.84. The van der Waals surface area contributed by atoms with Gasteiger partial charge in [0.25, 0.3) is 5.91 Å². The number of rotatable bonds is 6. The van der Waals surface area contributed by atoms with Gasteiger partial charge in [0.15, 0.2) is 11.5 Å². The van der Waals surface area contributed by atoms with Crippen LogP contribution in [0.15, 0.2) is 29.4 Å². The number of carbonyl (C=O) groups is 1. The lowest BCUT2D eigenvalue weighted by Crippen LogP contribution is -2.35. The summed E-state index contributed by atoms with van der Waals surface area (Å²) < 4.78 is 67.0. The fourth-order valence-corrected chi connectivity index (χ4v) is 3.25. The molecule has 0 radical (unpaired) electrons. The smallest absolute Gasteiger partial charge is 0.404 e. The molecule has 1 aromatic carbocycles. The second-order valence-corrected chi connectivity index (χ2v) is 8.02. The van der Waals surface area contributed by atoms with Crippen LogP contribution in [-0.2, 0) is 13.0 Å². The molecule has 1 aliphatic carbocycles. The van der Waals surface area contributed by atoms with Gasteiger partial charge in [-0.2, -0.15) is 32.3 Å². The van der Waals surface area contributed by atoms with E-state index in [0.717, 1.165) is 19.5 Å². The minimum atomic E-state index is -5.92. The van der Waals surface area contributed by atoms with Gasteiger partial charge in [0.2, 0.25) is 0 Å². The van der Waals surface area contributed by atoms with Crippen molar-refractivity contribution in [1.29, 1.82) is 5.26 Å². The SMILES string of the molecule is C#Cc1c(C(F)(F)C(F)(F)F)nn(C)c1N=CC(=CN)c1ccc(Cl)c(C(=O)NC2(C#N)CC2)c1. The van der Waals surface area contributed by atoms with E-state index in [1.165, 1.54) is 18.2 Å². The van der Waals surface area contributed by atoms with Crippen LogP contribution >= 0.6 is 11.6 Å². The van der Waals surface area contributed by atoms with Crippen LogP contribution in [0.5, 0.6) is 0 Å². The molecule has 13 heteroatoms. The number of nitrogens with two attached hydrogens (primary N) is 1. The number of carbonyl (C=O) groups excluding carboxylic acids is 1. The van der Waals surface area contributed by atoms with Gasteiger partial charge in [-0.05, 0) is 30.5 Å². The van der Waals surface area contributed by atoms with Crippen LogP contribution in [-0.4, -0.2) is 33.6 Å². The molecular formula is C22H16ClF5N6O. The van der Waals surface area contributed by atoms with E-state index < -0.39 is 40.6 Å². The quantitative estimate of drug-likeness (QED) is 0.345. The van der Waals surface area contributed by atoms with Crippen molar-refractivity contribution in [2.75, 3.05) is 0 Å². The number of alkyl halides is 5. The summed E-state index contributed by atoms with van der Waals surface area (Å²) in [5, 5.41) is 15.1. The second kappa shape index (κ2) is 9.04. The summed E-state index contributed by atoms with van der Waals surface area (Å²) in [4.78, 5) is 16.5. The zero-order valence-corrected chi connectivity index (χ0v) is 18.7. The minimum Gasteiger partial charge on any atom is -0.404 e. The van der Waals surface area contributed by atoms with Crippen molar-refractivity contribution >= 4 is 35.1 Å². The normalized spacial score (nSPS) is 15.5. The Morgan fingerprint density at radius 2 is 2.03 bits per heavy atom. The van der Waals surface area contributed by atoms with E-state index in [-0.39, 0.29) is 16.2 Å². The maximum atomic E-state index is 13.9.